The number of halogens is 3. The van der Waals surface area contributed by atoms with Crippen molar-refractivity contribution in [3.05, 3.63) is 35.4 Å². The highest BCUT2D eigenvalue weighted by atomic mass is 19.4. The van der Waals surface area contributed by atoms with E-state index in [2.05, 4.69) is 13.8 Å². The fraction of sp³-hybridized carbons (Fsp3) is 0.588. The van der Waals surface area contributed by atoms with E-state index in [0.717, 1.165) is 18.6 Å². The first-order valence-corrected chi connectivity index (χ1v) is 7.66. The van der Waals surface area contributed by atoms with Crippen molar-refractivity contribution in [2.75, 3.05) is 19.7 Å². The van der Waals surface area contributed by atoms with Crippen LogP contribution in [0.1, 0.15) is 36.2 Å². The highest BCUT2D eigenvalue weighted by molar-refractivity contribution is 5.94. The second-order valence-corrected chi connectivity index (χ2v) is 7.50. The summed E-state index contributed by atoms with van der Waals surface area (Å²) in [5, 5.41) is 9.71. The fourth-order valence-corrected chi connectivity index (χ4v) is 4.48. The van der Waals surface area contributed by atoms with Gasteiger partial charge in [-0.3, -0.25) is 4.79 Å². The van der Waals surface area contributed by atoms with Gasteiger partial charge < -0.3 is 10.0 Å². The summed E-state index contributed by atoms with van der Waals surface area (Å²) in [6, 6.07) is 4.32. The van der Waals surface area contributed by atoms with Crippen LogP contribution in [0.5, 0.6) is 0 Å². The van der Waals surface area contributed by atoms with Gasteiger partial charge in [-0.05, 0) is 42.0 Å². The number of aliphatic hydroxyl groups excluding tert-OH is 1. The smallest absolute Gasteiger partial charge is 0.396 e. The van der Waals surface area contributed by atoms with E-state index in [1.807, 2.05) is 0 Å². The number of fused-ring (bicyclic) bond motifs is 1. The maximum atomic E-state index is 12.6. The van der Waals surface area contributed by atoms with Crippen LogP contribution in [0.15, 0.2) is 24.3 Å². The lowest BCUT2D eigenvalue weighted by molar-refractivity contribution is -0.137. The average molecular weight is 327 g/mol. The second-order valence-electron chi connectivity index (χ2n) is 7.50. The van der Waals surface area contributed by atoms with Gasteiger partial charge in [-0.1, -0.05) is 13.8 Å². The zero-order valence-corrected chi connectivity index (χ0v) is 13.2. The minimum Gasteiger partial charge on any atom is -0.396 e. The number of carbonyl (C=O) groups is 1. The highest BCUT2D eigenvalue weighted by Crippen LogP contribution is 2.62. The minimum absolute atomic E-state index is 0.0396. The Hall–Kier alpha value is -1.56. The van der Waals surface area contributed by atoms with Gasteiger partial charge in [0.1, 0.15) is 0 Å². The molecular formula is C17H20F3NO2. The van der Waals surface area contributed by atoms with Crippen molar-refractivity contribution in [3.8, 4) is 0 Å². The van der Waals surface area contributed by atoms with E-state index in [1.165, 1.54) is 12.1 Å². The molecule has 1 amide bonds. The van der Waals surface area contributed by atoms with Gasteiger partial charge in [-0.15, -0.1) is 0 Å². The normalized spacial score (nSPS) is 29.1. The first kappa shape index (κ1) is 16.3. The summed E-state index contributed by atoms with van der Waals surface area (Å²) < 4.78 is 37.8. The van der Waals surface area contributed by atoms with Crippen LogP contribution in [-0.2, 0) is 6.18 Å². The molecule has 1 aliphatic heterocycles. The molecule has 1 saturated carbocycles. The number of hydrogen-bond donors (Lipinski definition) is 1. The van der Waals surface area contributed by atoms with Crippen molar-refractivity contribution in [3.63, 3.8) is 0 Å². The Morgan fingerprint density at radius 1 is 1.30 bits per heavy atom. The van der Waals surface area contributed by atoms with Gasteiger partial charge in [0.2, 0.25) is 0 Å². The van der Waals surface area contributed by atoms with Gasteiger partial charge in [-0.25, -0.2) is 0 Å². The Morgan fingerprint density at radius 3 is 2.35 bits per heavy atom. The van der Waals surface area contributed by atoms with Crippen molar-refractivity contribution in [2.24, 2.45) is 16.7 Å². The Bertz CT molecular complexity index is 624. The Balaban J connectivity index is 1.77. The van der Waals surface area contributed by atoms with Gasteiger partial charge in [0.25, 0.3) is 5.91 Å². The average Bonchev–Trinajstić information content (AvgIpc) is 2.81. The lowest BCUT2D eigenvalue weighted by Crippen LogP contribution is -2.54. The predicted molar refractivity (Wildman–Crippen MR) is 78.8 cm³/mol. The van der Waals surface area contributed by atoms with Gasteiger partial charge >= 0.3 is 6.18 Å². The molecule has 2 fully saturated rings. The van der Waals surface area contributed by atoms with Crippen LogP contribution in [0.25, 0.3) is 0 Å². The standard InChI is InChI=1S/C17H20F3NO2/c1-15(2)8-16(10-22)9-21(7-13(15)16)14(23)11-3-5-12(6-4-11)17(18,19)20/h3-6,13,22H,7-10H2,1-2H3/t13-,16-/m1/s1. The number of nitrogens with zero attached hydrogens (tertiary/aromatic N) is 1. The number of rotatable bonds is 2. The number of alkyl halides is 3. The lowest BCUT2D eigenvalue weighted by atomic mass is 9.48. The number of amides is 1. The summed E-state index contributed by atoms with van der Waals surface area (Å²) in [5.74, 6) is -0.0323. The molecule has 6 heteroatoms. The summed E-state index contributed by atoms with van der Waals surface area (Å²) in [7, 11) is 0. The maximum Gasteiger partial charge on any atom is 0.416 e. The fourth-order valence-electron chi connectivity index (χ4n) is 4.48. The quantitative estimate of drug-likeness (QED) is 0.906. The van der Waals surface area contributed by atoms with Crippen molar-refractivity contribution in [1.29, 1.82) is 0 Å². The molecule has 1 aromatic carbocycles. The number of likely N-dealkylation sites (tertiary alicyclic amines) is 1. The summed E-state index contributed by atoms with van der Waals surface area (Å²) in [5.41, 5.74) is -0.670. The van der Waals surface area contributed by atoms with Crippen LogP contribution in [-0.4, -0.2) is 35.6 Å². The van der Waals surface area contributed by atoms with Gasteiger partial charge in [-0.2, -0.15) is 13.2 Å². The summed E-state index contributed by atoms with van der Waals surface area (Å²) in [6.45, 7) is 5.30. The molecule has 1 aromatic rings. The third-order valence-electron chi connectivity index (χ3n) is 5.46. The SMILES string of the molecule is CC1(C)C[C@]2(CO)CN(C(=O)c3ccc(C(F)(F)F)cc3)C[C@H]12. The number of carbonyl (C=O) groups excluding carboxylic acids is 1. The molecule has 1 aliphatic carbocycles. The van der Waals surface area contributed by atoms with Gasteiger partial charge in [0, 0.05) is 24.1 Å². The van der Waals surface area contributed by atoms with Crippen LogP contribution < -0.4 is 0 Å². The third kappa shape index (κ3) is 2.53. The number of hydrogen-bond acceptors (Lipinski definition) is 2. The van der Waals surface area contributed by atoms with E-state index in [0.29, 0.717) is 13.1 Å². The zero-order valence-electron chi connectivity index (χ0n) is 13.2. The van der Waals surface area contributed by atoms with E-state index in [4.69, 9.17) is 0 Å². The van der Waals surface area contributed by atoms with Crippen molar-refractivity contribution < 1.29 is 23.1 Å². The van der Waals surface area contributed by atoms with Gasteiger partial charge in [0.05, 0.1) is 12.2 Å². The monoisotopic (exact) mass is 327 g/mol. The molecule has 0 radical (unpaired) electrons. The summed E-state index contributed by atoms with van der Waals surface area (Å²) in [6.07, 6.45) is -3.54. The van der Waals surface area contributed by atoms with Crippen LogP contribution in [0.4, 0.5) is 13.2 Å². The van der Waals surface area contributed by atoms with E-state index in [9.17, 15) is 23.1 Å². The molecule has 1 saturated heterocycles. The van der Waals surface area contributed by atoms with Gasteiger partial charge in [0.15, 0.2) is 0 Å². The first-order valence-electron chi connectivity index (χ1n) is 7.66. The molecule has 126 valence electrons. The molecule has 0 aromatic heterocycles. The minimum atomic E-state index is -4.40. The van der Waals surface area contributed by atoms with Crippen molar-refractivity contribution in [1.82, 2.24) is 4.90 Å². The van der Waals surface area contributed by atoms with E-state index >= 15 is 0 Å². The second kappa shape index (κ2) is 4.97. The van der Waals surface area contributed by atoms with Crippen LogP contribution in [0, 0.1) is 16.7 Å². The maximum absolute atomic E-state index is 12.6. The Morgan fingerprint density at radius 2 is 1.91 bits per heavy atom. The predicted octanol–water partition coefficient (Wildman–Crippen LogP) is 3.19. The molecular weight excluding hydrogens is 307 g/mol. The molecule has 3 rings (SSSR count). The zero-order chi connectivity index (χ0) is 17.0. The lowest BCUT2D eigenvalue weighted by Gasteiger charge is -2.55. The molecule has 2 atom stereocenters. The third-order valence-corrected chi connectivity index (χ3v) is 5.46. The van der Waals surface area contributed by atoms with Crippen molar-refractivity contribution in [2.45, 2.75) is 26.4 Å². The molecule has 3 nitrogen and oxygen atoms in total. The van der Waals surface area contributed by atoms with E-state index in [1.54, 1.807) is 4.90 Å². The van der Waals surface area contributed by atoms with E-state index in [-0.39, 0.29) is 34.8 Å². The summed E-state index contributed by atoms with van der Waals surface area (Å²) in [4.78, 5) is 14.2. The number of aliphatic hydroxyl groups is 1. The molecule has 2 aliphatic rings. The highest BCUT2D eigenvalue weighted by Gasteiger charge is 2.63. The molecule has 0 spiro atoms. The molecule has 1 N–H and O–H groups in total. The Labute approximate surface area is 133 Å². The van der Waals surface area contributed by atoms with Crippen molar-refractivity contribution >= 4 is 5.91 Å². The first-order chi connectivity index (χ1) is 10.6. The molecule has 0 bridgehead atoms. The van der Waals surface area contributed by atoms with Crippen LogP contribution in [0.2, 0.25) is 0 Å². The van der Waals surface area contributed by atoms with Crippen LogP contribution >= 0.6 is 0 Å². The number of benzene rings is 1. The molecule has 0 unspecified atom stereocenters. The topological polar surface area (TPSA) is 40.5 Å². The summed E-state index contributed by atoms with van der Waals surface area (Å²) >= 11 is 0. The molecule has 23 heavy (non-hydrogen) atoms. The largest absolute Gasteiger partial charge is 0.416 e. The van der Waals surface area contributed by atoms with E-state index < -0.39 is 11.7 Å². The Kier molecular flexibility index (Phi) is 3.52. The molecule has 1 heterocycles. The van der Waals surface area contributed by atoms with Crippen LogP contribution in [0.3, 0.4) is 0 Å².